The average Bonchev–Trinajstić information content (AvgIpc) is 2.35. The second-order valence-corrected chi connectivity index (χ2v) is 3.54. The first-order valence-electron chi connectivity index (χ1n) is 4.23. The van der Waals surface area contributed by atoms with Crippen molar-refractivity contribution in [3.8, 4) is 0 Å². The van der Waals surface area contributed by atoms with Crippen LogP contribution in [0.1, 0.15) is 13.3 Å². The molecule has 0 bridgehead atoms. The second kappa shape index (κ2) is 3.72. The Balaban J connectivity index is 2.32. The van der Waals surface area contributed by atoms with E-state index in [4.69, 9.17) is 5.11 Å². The van der Waals surface area contributed by atoms with Crippen LogP contribution in [0.15, 0.2) is 12.2 Å². The van der Waals surface area contributed by atoms with Crippen LogP contribution in [0.3, 0.4) is 0 Å². The lowest BCUT2D eigenvalue weighted by molar-refractivity contribution is -0.132. The van der Waals surface area contributed by atoms with Crippen LogP contribution in [0, 0.1) is 5.92 Å². The Hall–Kier alpha value is -0.830. The van der Waals surface area contributed by atoms with Gasteiger partial charge >= 0.3 is 5.97 Å². The Morgan fingerprint density at radius 3 is 2.83 bits per heavy atom. The van der Waals surface area contributed by atoms with Crippen LogP contribution < -0.4 is 0 Å². The SMILES string of the molecule is C=C(CN1CCC(C)C1)C(=O)O. The number of nitrogens with zero attached hydrogens (tertiary/aromatic N) is 1. The summed E-state index contributed by atoms with van der Waals surface area (Å²) in [5, 5.41) is 8.58. The Morgan fingerprint density at radius 1 is 1.75 bits per heavy atom. The molecule has 1 fully saturated rings. The smallest absolute Gasteiger partial charge is 0.332 e. The lowest BCUT2D eigenvalue weighted by Crippen LogP contribution is -2.25. The van der Waals surface area contributed by atoms with E-state index in [0.29, 0.717) is 18.0 Å². The van der Waals surface area contributed by atoms with Crippen molar-refractivity contribution in [2.75, 3.05) is 19.6 Å². The van der Waals surface area contributed by atoms with Gasteiger partial charge in [-0.05, 0) is 18.9 Å². The Kier molecular flexibility index (Phi) is 2.87. The predicted octanol–water partition coefficient (Wildman–Crippen LogP) is 0.969. The summed E-state index contributed by atoms with van der Waals surface area (Å²) < 4.78 is 0. The van der Waals surface area contributed by atoms with Crippen LogP contribution in [0.5, 0.6) is 0 Å². The molecule has 0 amide bonds. The maximum Gasteiger partial charge on any atom is 0.332 e. The summed E-state index contributed by atoms with van der Waals surface area (Å²) in [7, 11) is 0. The van der Waals surface area contributed by atoms with Gasteiger partial charge in [-0.15, -0.1) is 0 Å². The molecule has 1 aliphatic rings. The van der Waals surface area contributed by atoms with Crippen LogP contribution in [-0.2, 0) is 4.79 Å². The minimum atomic E-state index is -0.880. The summed E-state index contributed by atoms with van der Waals surface area (Å²) in [6.07, 6.45) is 1.17. The van der Waals surface area contributed by atoms with Gasteiger partial charge in [-0.2, -0.15) is 0 Å². The highest BCUT2D eigenvalue weighted by molar-refractivity contribution is 5.86. The summed E-state index contributed by atoms with van der Waals surface area (Å²) in [5.41, 5.74) is 0.295. The van der Waals surface area contributed by atoms with E-state index in [2.05, 4.69) is 18.4 Å². The van der Waals surface area contributed by atoms with Crippen molar-refractivity contribution in [3.63, 3.8) is 0 Å². The number of carboxylic acid groups (broad SMARTS) is 1. The van der Waals surface area contributed by atoms with Gasteiger partial charge in [0.1, 0.15) is 0 Å². The van der Waals surface area contributed by atoms with E-state index in [-0.39, 0.29) is 0 Å². The number of rotatable bonds is 3. The van der Waals surface area contributed by atoms with Crippen LogP contribution >= 0.6 is 0 Å². The molecule has 1 rings (SSSR count). The minimum absolute atomic E-state index is 0.295. The zero-order valence-corrected chi connectivity index (χ0v) is 7.42. The Morgan fingerprint density at radius 2 is 2.42 bits per heavy atom. The molecule has 0 aromatic heterocycles. The molecule has 1 N–H and O–H groups in total. The molecule has 68 valence electrons. The Labute approximate surface area is 72.7 Å². The molecule has 1 saturated heterocycles. The molecule has 3 heteroatoms. The summed E-state index contributed by atoms with van der Waals surface area (Å²) in [4.78, 5) is 12.6. The van der Waals surface area contributed by atoms with E-state index >= 15 is 0 Å². The van der Waals surface area contributed by atoms with Gasteiger partial charge in [-0.1, -0.05) is 13.5 Å². The molecule has 3 nitrogen and oxygen atoms in total. The summed E-state index contributed by atoms with van der Waals surface area (Å²) >= 11 is 0. The van der Waals surface area contributed by atoms with Crippen LogP contribution in [0.2, 0.25) is 0 Å². The van der Waals surface area contributed by atoms with E-state index in [0.717, 1.165) is 13.1 Å². The minimum Gasteiger partial charge on any atom is -0.478 e. The van der Waals surface area contributed by atoms with Crippen molar-refractivity contribution < 1.29 is 9.90 Å². The number of carboxylic acids is 1. The molecule has 0 aromatic carbocycles. The molecular weight excluding hydrogens is 154 g/mol. The molecule has 12 heavy (non-hydrogen) atoms. The van der Waals surface area contributed by atoms with Crippen molar-refractivity contribution in [3.05, 3.63) is 12.2 Å². The molecular formula is C9H15NO2. The third-order valence-electron chi connectivity index (χ3n) is 2.22. The molecule has 1 atom stereocenters. The Bertz CT molecular complexity index is 201. The van der Waals surface area contributed by atoms with E-state index in [1.54, 1.807) is 0 Å². The lowest BCUT2D eigenvalue weighted by Gasteiger charge is -2.14. The predicted molar refractivity (Wildman–Crippen MR) is 47.0 cm³/mol. The fraction of sp³-hybridized carbons (Fsp3) is 0.667. The first kappa shape index (κ1) is 9.26. The lowest BCUT2D eigenvalue weighted by atomic mass is 10.2. The molecule has 0 saturated carbocycles. The maximum absolute atomic E-state index is 10.4. The van der Waals surface area contributed by atoms with E-state index in [1.807, 2.05) is 0 Å². The number of likely N-dealkylation sites (tertiary alicyclic amines) is 1. The zero-order chi connectivity index (χ0) is 9.14. The fourth-order valence-corrected chi connectivity index (χ4v) is 1.51. The normalized spacial score (nSPS) is 24.2. The molecule has 0 spiro atoms. The second-order valence-electron chi connectivity index (χ2n) is 3.54. The first-order chi connectivity index (χ1) is 5.59. The van der Waals surface area contributed by atoms with Gasteiger partial charge in [0.25, 0.3) is 0 Å². The number of carbonyl (C=O) groups is 1. The van der Waals surface area contributed by atoms with Gasteiger partial charge in [-0.25, -0.2) is 4.79 Å². The number of hydrogen-bond acceptors (Lipinski definition) is 2. The van der Waals surface area contributed by atoms with Crippen LogP contribution in [0.25, 0.3) is 0 Å². The number of aliphatic carboxylic acids is 1. The zero-order valence-electron chi connectivity index (χ0n) is 7.42. The molecule has 1 aliphatic heterocycles. The van der Waals surface area contributed by atoms with Crippen molar-refractivity contribution in [1.82, 2.24) is 4.90 Å². The molecule has 0 aromatic rings. The van der Waals surface area contributed by atoms with Gasteiger partial charge in [-0.3, -0.25) is 4.90 Å². The van der Waals surface area contributed by atoms with Gasteiger partial charge in [0.2, 0.25) is 0 Å². The first-order valence-corrected chi connectivity index (χ1v) is 4.23. The number of hydrogen-bond donors (Lipinski definition) is 1. The fourth-order valence-electron chi connectivity index (χ4n) is 1.51. The quantitative estimate of drug-likeness (QED) is 0.640. The van der Waals surface area contributed by atoms with Crippen molar-refractivity contribution in [1.29, 1.82) is 0 Å². The van der Waals surface area contributed by atoms with E-state index in [1.165, 1.54) is 6.42 Å². The van der Waals surface area contributed by atoms with Crippen LogP contribution in [-0.4, -0.2) is 35.6 Å². The molecule has 1 heterocycles. The average molecular weight is 169 g/mol. The third kappa shape index (κ3) is 2.34. The van der Waals surface area contributed by atoms with E-state index < -0.39 is 5.97 Å². The van der Waals surface area contributed by atoms with Crippen LogP contribution in [0.4, 0.5) is 0 Å². The monoisotopic (exact) mass is 169 g/mol. The van der Waals surface area contributed by atoms with Crippen molar-refractivity contribution in [2.45, 2.75) is 13.3 Å². The maximum atomic E-state index is 10.4. The van der Waals surface area contributed by atoms with Crippen molar-refractivity contribution >= 4 is 5.97 Å². The standard InChI is InChI=1S/C9H15NO2/c1-7-3-4-10(5-7)6-8(2)9(11)12/h7H,2-6H2,1H3,(H,11,12). The summed E-state index contributed by atoms with van der Waals surface area (Å²) in [6, 6.07) is 0. The highest BCUT2D eigenvalue weighted by Gasteiger charge is 2.20. The molecule has 1 unspecified atom stereocenters. The van der Waals surface area contributed by atoms with Gasteiger partial charge in [0.05, 0.1) is 0 Å². The van der Waals surface area contributed by atoms with Gasteiger partial charge in [0.15, 0.2) is 0 Å². The van der Waals surface area contributed by atoms with E-state index in [9.17, 15) is 4.79 Å². The molecule has 0 radical (unpaired) electrons. The van der Waals surface area contributed by atoms with Crippen molar-refractivity contribution in [2.24, 2.45) is 5.92 Å². The topological polar surface area (TPSA) is 40.5 Å². The summed E-state index contributed by atoms with van der Waals surface area (Å²) in [5.74, 6) is -0.179. The molecule has 0 aliphatic carbocycles. The van der Waals surface area contributed by atoms with Gasteiger partial charge in [0, 0.05) is 18.7 Å². The highest BCUT2D eigenvalue weighted by Crippen LogP contribution is 2.15. The third-order valence-corrected chi connectivity index (χ3v) is 2.22. The highest BCUT2D eigenvalue weighted by atomic mass is 16.4. The van der Waals surface area contributed by atoms with Gasteiger partial charge < -0.3 is 5.11 Å². The summed E-state index contributed by atoms with van der Waals surface area (Å²) in [6.45, 7) is 8.21. The largest absolute Gasteiger partial charge is 0.478 e.